The number of aliphatic imine (C=N–C) groups is 1. The summed E-state index contributed by atoms with van der Waals surface area (Å²) in [6.07, 6.45) is 2.59. The molecule has 0 amide bonds. The van der Waals surface area contributed by atoms with Gasteiger partial charge in [0.25, 0.3) is 0 Å². The van der Waals surface area contributed by atoms with E-state index in [1.807, 2.05) is 30.3 Å². The molecule has 25 heavy (non-hydrogen) atoms. The number of ether oxygens (including phenoxy) is 2. The van der Waals surface area contributed by atoms with Crippen LogP contribution in [0.4, 0.5) is 5.82 Å². The van der Waals surface area contributed by atoms with Crippen LogP contribution in [-0.2, 0) is 21.5 Å². The molecule has 1 aliphatic heterocycles. The number of aromatic nitrogens is 1. The number of nitrogens with zero attached hydrogens (tertiary/aromatic N) is 2. The molecule has 1 aromatic heterocycles. The Bertz CT molecular complexity index is 711. The second-order valence-corrected chi connectivity index (χ2v) is 5.72. The summed E-state index contributed by atoms with van der Waals surface area (Å²) in [6, 6.07) is 13.8. The SMILES string of the molecule is COCC1(CN=C(N)Nc2ccccn2)OCCc2ccccc21.I. The highest BCUT2D eigenvalue weighted by atomic mass is 127. The lowest BCUT2D eigenvalue weighted by atomic mass is 9.86. The third-order valence-electron chi connectivity index (χ3n) is 4.06. The van der Waals surface area contributed by atoms with Crippen molar-refractivity contribution in [3.05, 3.63) is 59.8 Å². The summed E-state index contributed by atoms with van der Waals surface area (Å²) in [5, 5.41) is 2.99. The number of methoxy groups -OCH3 is 1. The van der Waals surface area contributed by atoms with Crippen LogP contribution in [-0.4, -0.2) is 37.8 Å². The molecule has 0 saturated heterocycles. The molecule has 1 unspecified atom stereocenters. The first kappa shape index (κ1) is 19.6. The second kappa shape index (κ2) is 9.12. The topological polar surface area (TPSA) is 81.8 Å². The van der Waals surface area contributed by atoms with Gasteiger partial charge in [-0.2, -0.15) is 0 Å². The van der Waals surface area contributed by atoms with Gasteiger partial charge in [0.15, 0.2) is 5.96 Å². The molecule has 0 bridgehead atoms. The van der Waals surface area contributed by atoms with Crippen LogP contribution in [0.3, 0.4) is 0 Å². The van der Waals surface area contributed by atoms with Crippen LogP contribution in [0.25, 0.3) is 0 Å². The summed E-state index contributed by atoms with van der Waals surface area (Å²) in [5.41, 5.74) is 7.78. The van der Waals surface area contributed by atoms with Crippen molar-refractivity contribution in [1.82, 2.24) is 4.98 Å². The van der Waals surface area contributed by atoms with E-state index in [1.54, 1.807) is 13.3 Å². The molecule has 134 valence electrons. The summed E-state index contributed by atoms with van der Waals surface area (Å²) < 4.78 is 11.5. The fourth-order valence-corrected chi connectivity index (χ4v) is 2.97. The maximum Gasteiger partial charge on any atom is 0.194 e. The van der Waals surface area contributed by atoms with Crippen molar-refractivity contribution in [3.8, 4) is 0 Å². The first-order valence-electron chi connectivity index (χ1n) is 7.93. The molecular weight excluding hydrogens is 431 g/mol. The number of nitrogens with one attached hydrogen (secondary N) is 1. The number of hydrogen-bond donors (Lipinski definition) is 2. The molecule has 7 heteroatoms. The fourth-order valence-electron chi connectivity index (χ4n) is 2.97. The van der Waals surface area contributed by atoms with Crippen LogP contribution in [0.2, 0.25) is 0 Å². The number of rotatable bonds is 5. The minimum atomic E-state index is -0.611. The molecule has 0 radical (unpaired) electrons. The fraction of sp³-hybridized carbons (Fsp3) is 0.333. The number of benzene rings is 1. The lowest BCUT2D eigenvalue weighted by Gasteiger charge is -2.37. The molecule has 3 rings (SSSR count). The van der Waals surface area contributed by atoms with E-state index in [0.29, 0.717) is 31.5 Å². The Morgan fingerprint density at radius 2 is 2.12 bits per heavy atom. The third kappa shape index (κ3) is 4.68. The smallest absolute Gasteiger partial charge is 0.194 e. The van der Waals surface area contributed by atoms with Gasteiger partial charge in [-0.3, -0.25) is 0 Å². The Morgan fingerprint density at radius 1 is 1.32 bits per heavy atom. The van der Waals surface area contributed by atoms with Crippen molar-refractivity contribution in [3.63, 3.8) is 0 Å². The Kier molecular flexibility index (Phi) is 7.15. The van der Waals surface area contributed by atoms with E-state index in [1.165, 1.54) is 5.56 Å². The van der Waals surface area contributed by atoms with Crippen molar-refractivity contribution in [1.29, 1.82) is 0 Å². The molecule has 3 N–H and O–H groups in total. The van der Waals surface area contributed by atoms with Crippen LogP contribution in [0.1, 0.15) is 11.1 Å². The van der Waals surface area contributed by atoms with E-state index in [0.717, 1.165) is 12.0 Å². The van der Waals surface area contributed by atoms with Crippen molar-refractivity contribution >= 4 is 35.8 Å². The maximum absolute atomic E-state index is 6.10. The lowest BCUT2D eigenvalue weighted by molar-refractivity contribution is -0.0959. The molecule has 0 fully saturated rings. The summed E-state index contributed by atoms with van der Waals surface area (Å²) >= 11 is 0. The Balaban J connectivity index is 0.00000225. The molecule has 2 aromatic rings. The predicted molar refractivity (Wildman–Crippen MR) is 109 cm³/mol. The minimum absolute atomic E-state index is 0. The Labute approximate surface area is 164 Å². The zero-order valence-electron chi connectivity index (χ0n) is 14.1. The van der Waals surface area contributed by atoms with Gasteiger partial charge >= 0.3 is 0 Å². The number of pyridine rings is 1. The second-order valence-electron chi connectivity index (χ2n) is 5.72. The zero-order chi connectivity index (χ0) is 16.8. The van der Waals surface area contributed by atoms with Gasteiger partial charge in [-0.05, 0) is 29.7 Å². The van der Waals surface area contributed by atoms with E-state index in [4.69, 9.17) is 15.2 Å². The number of nitrogens with two attached hydrogens (primary N) is 1. The first-order chi connectivity index (χ1) is 11.7. The average Bonchev–Trinajstić information content (AvgIpc) is 2.62. The number of hydrogen-bond acceptors (Lipinski definition) is 4. The molecule has 0 aliphatic carbocycles. The van der Waals surface area contributed by atoms with Gasteiger partial charge in [0.2, 0.25) is 0 Å². The van der Waals surface area contributed by atoms with Gasteiger partial charge in [-0.25, -0.2) is 9.98 Å². The summed E-state index contributed by atoms with van der Waals surface area (Å²) in [7, 11) is 1.67. The highest BCUT2D eigenvalue weighted by Crippen LogP contribution is 2.34. The van der Waals surface area contributed by atoms with Crippen LogP contribution in [0.5, 0.6) is 0 Å². The molecular formula is C18H23IN4O2. The van der Waals surface area contributed by atoms with Crippen molar-refractivity contribution < 1.29 is 9.47 Å². The van der Waals surface area contributed by atoms with E-state index >= 15 is 0 Å². The lowest BCUT2D eigenvalue weighted by Crippen LogP contribution is -2.43. The number of anilines is 1. The quantitative estimate of drug-likeness (QED) is 0.413. The van der Waals surface area contributed by atoms with Gasteiger partial charge in [0.1, 0.15) is 11.4 Å². The van der Waals surface area contributed by atoms with E-state index < -0.39 is 5.60 Å². The highest BCUT2D eigenvalue weighted by molar-refractivity contribution is 14.0. The van der Waals surface area contributed by atoms with E-state index in [9.17, 15) is 0 Å². The average molecular weight is 454 g/mol. The molecule has 1 aliphatic rings. The Morgan fingerprint density at radius 3 is 2.88 bits per heavy atom. The molecule has 1 aromatic carbocycles. The normalized spacial score (nSPS) is 19.6. The zero-order valence-corrected chi connectivity index (χ0v) is 16.5. The maximum atomic E-state index is 6.10. The van der Waals surface area contributed by atoms with Crippen LogP contribution >= 0.6 is 24.0 Å². The van der Waals surface area contributed by atoms with Crippen molar-refractivity contribution in [2.24, 2.45) is 10.7 Å². The largest absolute Gasteiger partial charge is 0.381 e. The van der Waals surface area contributed by atoms with Crippen LogP contribution < -0.4 is 11.1 Å². The van der Waals surface area contributed by atoms with Crippen molar-refractivity contribution in [2.75, 3.05) is 32.2 Å². The molecule has 0 spiro atoms. The van der Waals surface area contributed by atoms with E-state index in [2.05, 4.69) is 27.4 Å². The molecule has 6 nitrogen and oxygen atoms in total. The Hall–Kier alpha value is -1.71. The van der Waals surface area contributed by atoms with E-state index in [-0.39, 0.29) is 24.0 Å². The van der Waals surface area contributed by atoms with Gasteiger partial charge in [0.05, 0.1) is 19.8 Å². The summed E-state index contributed by atoms with van der Waals surface area (Å²) in [5.74, 6) is 0.959. The van der Waals surface area contributed by atoms with Gasteiger partial charge < -0.3 is 20.5 Å². The summed E-state index contributed by atoms with van der Waals surface area (Å²) in [6.45, 7) is 1.44. The van der Waals surface area contributed by atoms with Crippen LogP contribution in [0, 0.1) is 0 Å². The highest BCUT2D eigenvalue weighted by Gasteiger charge is 2.38. The summed E-state index contributed by atoms with van der Waals surface area (Å²) in [4.78, 5) is 8.65. The number of fused-ring (bicyclic) bond motifs is 1. The monoisotopic (exact) mass is 454 g/mol. The number of halogens is 1. The standard InChI is InChI=1S/C18H22N4O2.HI/c1-23-13-18(15-7-3-2-6-14(15)9-11-24-18)12-21-17(19)22-16-8-4-5-10-20-16;/h2-8,10H,9,11-13H2,1H3,(H3,19,20,21,22);1H. The number of guanidine groups is 1. The van der Waals surface area contributed by atoms with Gasteiger partial charge in [0, 0.05) is 13.3 Å². The third-order valence-corrected chi connectivity index (χ3v) is 4.06. The first-order valence-corrected chi connectivity index (χ1v) is 7.93. The molecule has 0 saturated carbocycles. The predicted octanol–water partition coefficient (Wildman–Crippen LogP) is 2.54. The minimum Gasteiger partial charge on any atom is -0.381 e. The molecule has 2 heterocycles. The van der Waals surface area contributed by atoms with Gasteiger partial charge in [-0.1, -0.05) is 30.3 Å². The van der Waals surface area contributed by atoms with Crippen LogP contribution in [0.15, 0.2) is 53.7 Å². The van der Waals surface area contributed by atoms with Gasteiger partial charge in [-0.15, -0.1) is 24.0 Å². The van der Waals surface area contributed by atoms with Crippen molar-refractivity contribution in [2.45, 2.75) is 12.0 Å². The molecule has 1 atom stereocenters.